The van der Waals surface area contributed by atoms with E-state index in [4.69, 9.17) is 0 Å². The molecule has 0 unspecified atom stereocenters. The monoisotopic (exact) mass is 263 g/mol. The van der Waals surface area contributed by atoms with Crippen LogP contribution in [0, 0.1) is 17.0 Å². The van der Waals surface area contributed by atoms with E-state index in [1.807, 2.05) is 13.0 Å². The van der Waals surface area contributed by atoms with Crippen molar-refractivity contribution in [3.8, 4) is 0 Å². The molecule has 1 aromatic rings. The first-order chi connectivity index (χ1) is 8.94. The van der Waals surface area contributed by atoms with Crippen LogP contribution < -0.4 is 5.32 Å². The number of nitro groups is 1. The highest BCUT2D eigenvalue weighted by atomic mass is 16.6. The van der Waals surface area contributed by atoms with E-state index in [0.717, 1.165) is 24.9 Å². The van der Waals surface area contributed by atoms with Crippen molar-refractivity contribution in [3.05, 3.63) is 33.9 Å². The molecule has 1 aliphatic carbocycles. The summed E-state index contributed by atoms with van der Waals surface area (Å²) in [6.45, 7) is 2.70. The maximum absolute atomic E-state index is 11.0. The maximum Gasteiger partial charge on any atom is 0.292 e. The van der Waals surface area contributed by atoms with Gasteiger partial charge in [0.25, 0.3) is 5.69 Å². The van der Waals surface area contributed by atoms with Crippen LogP contribution >= 0.6 is 0 Å². The Labute approximate surface area is 113 Å². The van der Waals surface area contributed by atoms with E-state index in [0.29, 0.717) is 5.69 Å². The largest absolute Gasteiger partial charge is 0.378 e. The summed E-state index contributed by atoms with van der Waals surface area (Å²) in [6.07, 6.45) is 3.52. The van der Waals surface area contributed by atoms with Gasteiger partial charge in [-0.15, -0.1) is 0 Å². The quantitative estimate of drug-likeness (QED) is 0.655. The molecule has 0 aliphatic heterocycles. The molecule has 1 saturated carbocycles. The minimum absolute atomic E-state index is 0.150. The van der Waals surface area contributed by atoms with Crippen LogP contribution in [0.25, 0.3) is 0 Å². The lowest BCUT2D eigenvalue weighted by Gasteiger charge is -2.47. The van der Waals surface area contributed by atoms with Crippen LogP contribution in [0.2, 0.25) is 0 Å². The van der Waals surface area contributed by atoms with Crippen LogP contribution in [-0.4, -0.2) is 36.0 Å². The molecule has 1 N–H and O–H groups in total. The Morgan fingerprint density at radius 2 is 2.11 bits per heavy atom. The molecule has 0 aromatic heterocycles. The van der Waals surface area contributed by atoms with Gasteiger partial charge in [0.2, 0.25) is 0 Å². The number of hydrogen-bond donors (Lipinski definition) is 1. The number of hydrogen-bond acceptors (Lipinski definition) is 4. The lowest BCUT2D eigenvalue weighted by molar-refractivity contribution is -0.384. The number of nitro benzene ring substituents is 1. The number of rotatable bonds is 5. The maximum atomic E-state index is 11.0. The Balaban J connectivity index is 2.15. The molecule has 1 fully saturated rings. The lowest BCUT2D eigenvalue weighted by atomic mass is 9.75. The molecule has 104 valence electrons. The zero-order chi connectivity index (χ0) is 14.0. The molecule has 0 bridgehead atoms. The summed E-state index contributed by atoms with van der Waals surface area (Å²) in [5, 5.41) is 14.3. The van der Waals surface area contributed by atoms with E-state index >= 15 is 0 Å². The third kappa shape index (κ3) is 2.71. The molecule has 2 rings (SSSR count). The van der Waals surface area contributed by atoms with Crippen LogP contribution in [0.4, 0.5) is 11.4 Å². The van der Waals surface area contributed by atoms with Crippen LogP contribution in [0.1, 0.15) is 24.8 Å². The number of likely N-dealkylation sites (N-methyl/N-ethyl adjacent to an activating group) is 1. The first kappa shape index (κ1) is 13.8. The van der Waals surface area contributed by atoms with Crippen molar-refractivity contribution in [3.63, 3.8) is 0 Å². The molecule has 1 aliphatic rings. The van der Waals surface area contributed by atoms with Crippen LogP contribution in [0.3, 0.4) is 0 Å². The third-order valence-electron chi connectivity index (χ3n) is 4.19. The van der Waals surface area contributed by atoms with Gasteiger partial charge in [-0.25, -0.2) is 0 Å². The van der Waals surface area contributed by atoms with Crippen molar-refractivity contribution in [2.24, 2.45) is 0 Å². The molecular formula is C14H21N3O2. The minimum atomic E-state index is -0.328. The fraction of sp³-hybridized carbons (Fsp3) is 0.571. The molecule has 19 heavy (non-hydrogen) atoms. The second kappa shape index (κ2) is 5.17. The Morgan fingerprint density at radius 1 is 1.42 bits per heavy atom. The number of nitrogens with one attached hydrogen (secondary N) is 1. The van der Waals surface area contributed by atoms with Gasteiger partial charge >= 0.3 is 0 Å². The summed E-state index contributed by atoms with van der Waals surface area (Å²) < 4.78 is 0. The van der Waals surface area contributed by atoms with Gasteiger partial charge in [-0.1, -0.05) is 6.07 Å². The Kier molecular flexibility index (Phi) is 3.75. The number of anilines is 1. The number of aryl methyl sites for hydroxylation is 1. The van der Waals surface area contributed by atoms with E-state index in [1.165, 1.54) is 6.42 Å². The molecule has 0 heterocycles. The highest BCUT2D eigenvalue weighted by Crippen LogP contribution is 2.37. The van der Waals surface area contributed by atoms with Crippen molar-refractivity contribution in [2.75, 3.05) is 26.0 Å². The molecule has 1 aromatic carbocycles. The number of benzene rings is 1. The average molecular weight is 263 g/mol. The second-order valence-corrected chi connectivity index (χ2v) is 5.60. The van der Waals surface area contributed by atoms with E-state index in [1.54, 1.807) is 12.1 Å². The summed E-state index contributed by atoms with van der Waals surface area (Å²) in [5.41, 5.74) is 1.95. The number of nitrogens with zero attached hydrogens (tertiary/aromatic N) is 2. The lowest BCUT2D eigenvalue weighted by Crippen LogP contribution is -2.54. The van der Waals surface area contributed by atoms with Gasteiger partial charge < -0.3 is 10.2 Å². The molecule has 5 nitrogen and oxygen atoms in total. The standard InChI is InChI=1S/C14H21N3O2/c1-11-5-6-13(17(18)19)12(9-11)15-10-14(16(2)3)7-4-8-14/h5-6,9,15H,4,7-8,10H2,1-3H3. The first-order valence-corrected chi connectivity index (χ1v) is 6.61. The summed E-state index contributed by atoms with van der Waals surface area (Å²) in [5.74, 6) is 0. The fourth-order valence-electron chi connectivity index (χ4n) is 2.58. The van der Waals surface area contributed by atoms with Crippen LogP contribution in [-0.2, 0) is 0 Å². The summed E-state index contributed by atoms with van der Waals surface area (Å²) >= 11 is 0. The second-order valence-electron chi connectivity index (χ2n) is 5.60. The van der Waals surface area contributed by atoms with E-state index < -0.39 is 0 Å². The summed E-state index contributed by atoms with van der Waals surface area (Å²) in [7, 11) is 4.15. The Morgan fingerprint density at radius 3 is 2.58 bits per heavy atom. The topological polar surface area (TPSA) is 58.4 Å². The van der Waals surface area contributed by atoms with Crippen molar-refractivity contribution in [1.29, 1.82) is 0 Å². The van der Waals surface area contributed by atoms with E-state index in [9.17, 15) is 10.1 Å². The van der Waals surface area contributed by atoms with Crippen molar-refractivity contribution in [2.45, 2.75) is 31.7 Å². The highest BCUT2D eigenvalue weighted by molar-refractivity contribution is 5.62. The van der Waals surface area contributed by atoms with E-state index in [-0.39, 0.29) is 16.1 Å². The van der Waals surface area contributed by atoms with Crippen LogP contribution in [0.15, 0.2) is 18.2 Å². The molecule has 0 radical (unpaired) electrons. The SMILES string of the molecule is Cc1ccc([N+](=O)[O-])c(NCC2(N(C)C)CCC2)c1. The van der Waals surface area contributed by atoms with Crippen molar-refractivity contribution < 1.29 is 4.92 Å². The third-order valence-corrected chi connectivity index (χ3v) is 4.19. The van der Waals surface area contributed by atoms with Gasteiger partial charge in [0, 0.05) is 18.2 Å². The van der Waals surface area contributed by atoms with Crippen molar-refractivity contribution >= 4 is 11.4 Å². The zero-order valence-electron chi connectivity index (χ0n) is 11.8. The normalized spacial score (nSPS) is 17.1. The first-order valence-electron chi connectivity index (χ1n) is 6.61. The summed E-state index contributed by atoms with van der Waals surface area (Å²) in [6, 6.07) is 5.19. The molecule has 0 spiro atoms. The molecular weight excluding hydrogens is 242 g/mol. The fourth-order valence-corrected chi connectivity index (χ4v) is 2.58. The zero-order valence-corrected chi connectivity index (χ0v) is 11.8. The van der Waals surface area contributed by atoms with Gasteiger partial charge in [-0.05, 0) is 51.9 Å². The van der Waals surface area contributed by atoms with Gasteiger partial charge in [-0.3, -0.25) is 10.1 Å². The molecule has 0 atom stereocenters. The predicted octanol–water partition coefficient (Wildman–Crippen LogP) is 2.80. The van der Waals surface area contributed by atoms with Crippen molar-refractivity contribution in [1.82, 2.24) is 4.90 Å². The van der Waals surface area contributed by atoms with Gasteiger partial charge in [-0.2, -0.15) is 0 Å². The Hall–Kier alpha value is -1.62. The van der Waals surface area contributed by atoms with Gasteiger partial charge in [0.15, 0.2) is 0 Å². The van der Waals surface area contributed by atoms with Gasteiger partial charge in [0.1, 0.15) is 5.69 Å². The summed E-state index contributed by atoms with van der Waals surface area (Å²) in [4.78, 5) is 12.9. The molecule has 0 amide bonds. The highest BCUT2D eigenvalue weighted by Gasteiger charge is 2.39. The minimum Gasteiger partial charge on any atom is -0.378 e. The van der Waals surface area contributed by atoms with Gasteiger partial charge in [0.05, 0.1) is 4.92 Å². The Bertz CT molecular complexity index is 482. The smallest absolute Gasteiger partial charge is 0.292 e. The van der Waals surface area contributed by atoms with Crippen LogP contribution in [0.5, 0.6) is 0 Å². The average Bonchev–Trinajstić information content (AvgIpc) is 2.26. The molecule has 5 heteroatoms. The molecule has 0 saturated heterocycles. The van der Waals surface area contributed by atoms with E-state index in [2.05, 4.69) is 24.3 Å². The predicted molar refractivity (Wildman–Crippen MR) is 76.6 cm³/mol.